The molecule has 2 N–H and O–H groups in total. The van der Waals surface area contributed by atoms with Crippen LogP contribution < -0.4 is 5.32 Å². The van der Waals surface area contributed by atoms with Crippen molar-refractivity contribution in [2.75, 3.05) is 13.7 Å². The highest BCUT2D eigenvalue weighted by atomic mass is 16.5. The van der Waals surface area contributed by atoms with Crippen molar-refractivity contribution >= 4 is 11.9 Å². The molecule has 1 aliphatic heterocycles. The number of hydrogen-bond acceptors (Lipinski definition) is 4. The molecule has 0 aromatic rings. The summed E-state index contributed by atoms with van der Waals surface area (Å²) < 4.78 is 4.69. The van der Waals surface area contributed by atoms with Gasteiger partial charge >= 0.3 is 11.9 Å². The van der Waals surface area contributed by atoms with Crippen LogP contribution in [0.5, 0.6) is 0 Å². The standard InChI is InChI=1S/C12H19NO4/c1-6(2)8-5-13-10(11(14)15)9(8)7(3)12(16)17-4/h7-10,13H,1,5H2,2-4H3,(H,14,15)/t7?,8-,9+,10+/m1/s1. The van der Waals surface area contributed by atoms with Crippen LogP contribution in [0, 0.1) is 17.8 Å². The number of methoxy groups -OCH3 is 1. The molecule has 17 heavy (non-hydrogen) atoms. The number of ether oxygens (including phenoxy) is 1. The molecule has 0 bridgehead atoms. The summed E-state index contributed by atoms with van der Waals surface area (Å²) in [7, 11) is 1.31. The zero-order valence-electron chi connectivity index (χ0n) is 10.4. The van der Waals surface area contributed by atoms with Gasteiger partial charge in [-0.25, -0.2) is 0 Å². The first-order valence-electron chi connectivity index (χ1n) is 5.59. The number of aliphatic carboxylic acids is 1. The van der Waals surface area contributed by atoms with Crippen molar-refractivity contribution in [1.82, 2.24) is 5.32 Å². The molecule has 1 heterocycles. The van der Waals surface area contributed by atoms with Crippen molar-refractivity contribution in [1.29, 1.82) is 0 Å². The molecule has 96 valence electrons. The number of hydrogen-bond donors (Lipinski definition) is 2. The summed E-state index contributed by atoms with van der Waals surface area (Å²) in [5.74, 6) is -2.09. The Balaban J connectivity index is 2.96. The molecule has 0 radical (unpaired) electrons. The van der Waals surface area contributed by atoms with E-state index in [-0.39, 0.29) is 17.8 Å². The average molecular weight is 241 g/mol. The van der Waals surface area contributed by atoms with Gasteiger partial charge in [0.1, 0.15) is 6.04 Å². The van der Waals surface area contributed by atoms with E-state index in [0.717, 1.165) is 5.57 Å². The Kier molecular flexibility index (Phi) is 4.28. The van der Waals surface area contributed by atoms with Crippen molar-refractivity contribution in [2.45, 2.75) is 19.9 Å². The van der Waals surface area contributed by atoms with E-state index < -0.39 is 17.9 Å². The minimum absolute atomic E-state index is 0.00907. The lowest BCUT2D eigenvalue weighted by Crippen LogP contribution is -2.41. The van der Waals surface area contributed by atoms with Crippen LogP contribution in [-0.2, 0) is 14.3 Å². The van der Waals surface area contributed by atoms with Gasteiger partial charge < -0.3 is 15.2 Å². The van der Waals surface area contributed by atoms with Gasteiger partial charge in [-0.05, 0) is 12.8 Å². The van der Waals surface area contributed by atoms with E-state index in [0.29, 0.717) is 6.54 Å². The van der Waals surface area contributed by atoms with Gasteiger partial charge in [0, 0.05) is 12.5 Å². The van der Waals surface area contributed by atoms with Gasteiger partial charge in [0.25, 0.3) is 0 Å². The minimum atomic E-state index is -0.936. The molecule has 0 aromatic carbocycles. The van der Waals surface area contributed by atoms with Gasteiger partial charge in [0.2, 0.25) is 0 Å². The summed E-state index contributed by atoms with van der Waals surface area (Å²) in [5.41, 5.74) is 0.891. The van der Waals surface area contributed by atoms with Crippen LogP contribution in [0.1, 0.15) is 13.8 Å². The first-order valence-corrected chi connectivity index (χ1v) is 5.59. The second-order valence-electron chi connectivity index (χ2n) is 4.57. The summed E-state index contributed by atoms with van der Waals surface area (Å²) in [4.78, 5) is 22.7. The maximum atomic E-state index is 11.6. The normalized spacial score (nSPS) is 29.7. The Bertz CT molecular complexity index is 317. The fourth-order valence-electron chi connectivity index (χ4n) is 2.49. The van der Waals surface area contributed by atoms with E-state index in [1.165, 1.54) is 7.11 Å². The number of carbonyl (C=O) groups is 2. The average Bonchev–Trinajstić information content (AvgIpc) is 2.71. The van der Waals surface area contributed by atoms with Crippen molar-refractivity contribution in [3.8, 4) is 0 Å². The van der Waals surface area contributed by atoms with Crippen LogP contribution in [0.4, 0.5) is 0 Å². The summed E-state index contributed by atoms with van der Waals surface area (Å²) in [6.07, 6.45) is 0. The number of nitrogens with one attached hydrogen (secondary N) is 1. The van der Waals surface area contributed by atoms with E-state index in [4.69, 9.17) is 9.84 Å². The maximum absolute atomic E-state index is 11.6. The lowest BCUT2D eigenvalue weighted by molar-refractivity contribution is -0.149. The van der Waals surface area contributed by atoms with Crippen molar-refractivity contribution in [3.63, 3.8) is 0 Å². The van der Waals surface area contributed by atoms with E-state index in [9.17, 15) is 9.59 Å². The number of carbonyl (C=O) groups excluding carboxylic acids is 1. The molecule has 0 saturated carbocycles. The molecular weight excluding hydrogens is 222 g/mol. The quantitative estimate of drug-likeness (QED) is 0.558. The third-order valence-electron chi connectivity index (χ3n) is 3.46. The molecule has 0 amide bonds. The van der Waals surface area contributed by atoms with Gasteiger partial charge in [-0.15, -0.1) is 0 Å². The van der Waals surface area contributed by atoms with Gasteiger partial charge in [0.05, 0.1) is 13.0 Å². The molecular formula is C12H19NO4. The molecule has 0 aliphatic carbocycles. The topological polar surface area (TPSA) is 75.6 Å². The largest absolute Gasteiger partial charge is 0.480 e. The second kappa shape index (κ2) is 5.31. The maximum Gasteiger partial charge on any atom is 0.321 e. The number of carboxylic acid groups (broad SMARTS) is 1. The fraction of sp³-hybridized carbons (Fsp3) is 0.667. The molecule has 1 unspecified atom stereocenters. The molecule has 1 rings (SSSR count). The molecule has 0 aromatic heterocycles. The highest BCUT2D eigenvalue weighted by Gasteiger charge is 2.45. The number of rotatable bonds is 4. The lowest BCUT2D eigenvalue weighted by atomic mass is 9.78. The number of esters is 1. The summed E-state index contributed by atoms with van der Waals surface area (Å²) >= 11 is 0. The Morgan fingerprint density at radius 2 is 2.12 bits per heavy atom. The van der Waals surface area contributed by atoms with E-state index in [1.807, 2.05) is 6.92 Å². The van der Waals surface area contributed by atoms with Crippen LogP contribution in [0.3, 0.4) is 0 Å². The van der Waals surface area contributed by atoms with Crippen molar-refractivity contribution < 1.29 is 19.4 Å². The predicted molar refractivity (Wildman–Crippen MR) is 62.4 cm³/mol. The van der Waals surface area contributed by atoms with Crippen LogP contribution in [-0.4, -0.2) is 36.7 Å². The summed E-state index contributed by atoms with van der Waals surface area (Å²) in [6, 6.07) is -0.717. The first kappa shape index (κ1) is 13.7. The van der Waals surface area contributed by atoms with Gasteiger partial charge in [-0.2, -0.15) is 0 Å². The number of carboxylic acids is 1. The van der Waals surface area contributed by atoms with Crippen LogP contribution in [0.25, 0.3) is 0 Å². The molecule has 5 heteroatoms. The summed E-state index contributed by atoms with van der Waals surface area (Å²) in [5, 5.41) is 12.1. The monoisotopic (exact) mass is 241 g/mol. The Labute approximate surface area is 101 Å². The predicted octanol–water partition coefficient (Wildman–Crippen LogP) is 0.660. The van der Waals surface area contributed by atoms with Crippen LogP contribution >= 0.6 is 0 Å². The Morgan fingerprint density at radius 1 is 1.53 bits per heavy atom. The molecule has 4 atom stereocenters. The molecule has 1 saturated heterocycles. The molecule has 0 spiro atoms. The SMILES string of the molecule is C=C(C)[C@H]1CN[C@H](C(=O)O)[C@H]1C(C)C(=O)OC. The van der Waals surface area contributed by atoms with E-state index in [2.05, 4.69) is 11.9 Å². The van der Waals surface area contributed by atoms with Gasteiger partial charge in [0.15, 0.2) is 0 Å². The van der Waals surface area contributed by atoms with Gasteiger partial charge in [-0.3, -0.25) is 9.59 Å². The Hall–Kier alpha value is -1.36. The first-order chi connectivity index (χ1) is 7.90. The third kappa shape index (κ3) is 2.66. The fourth-order valence-corrected chi connectivity index (χ4v) is 2.49. The zero-order valence-corrected chi connectivity index (χ0v) is 10.4. The molecule has 1 fully saturated rings. The third-order valence-corrected chi connectivity index (χ3v) is 3.46. The van der Waals surface area contributed by atoms with Crippen LogP contribution in [0.15, 0.2) is 12.2 Å². The minimum Gasteiger partial charge on any atom is -0.480 e. The van der Waals surface area contributed by atoms with Gasteiger partial charge in [-0.1, -0.05) is 19.1 Å². The highest BCUT2D eigenvalue weighted by Crippen LogP contribution is 2.34. The second-order valence-corrected chi connectivity index (χ2v) is 4.57. The van der Waals surface area contributed by atoms with E-state index in [1.54, 1.807) is 6.92 Å². The molecule has 5 nitrogen and oxygen atoms in total. The lowest BCUT2D eigenvalue weighted by Gasteiger charge is -2.26. The van der Waals surface area contributed by atoms with Crippen molar-refractivity contribution in [3.05, 3.63) is 12.2 Å². The highest BCUT2D eigenvalue weighted by molar-refractivity contribution is 5.78. The van der Waals surface area contributed by atoms with Crippen molar-refractivity contribution in [2.24, 2.45) is 17.8 Å². The Morgan fingerprint density at radius 3 is 2.53 bits per heavy atom. The zero-order chi connectivity index (χ0) is 13.2. The summed E-state index contributed by atoms with van der Waals surface area (Å²) in [6.45, 7) is 7.96. The van der Waals surface area contributed by atoms with E-state index >= 15 is 0 Å². The smallest absolute Gasteiger partial charge is 0.321 e. The van der Waals surface area contributed by atoms with Crippen LogP contribution in [0.2, 0.25) is 0 Å². The molecule has 1 aliphatic rings.